The largest absolute Gasteiger partial charge is 0.330 e. The maximum absolute atomic E-state index is 13.2. The van der Waals surface area contributed by atoms with Crippen molar-refractivity contribution in [3.63, 3.8) is 0 Å². The molecule has 0 bridgehead atoms. The van der Waals surface area contributed by atoms with Gasteiger partial charge in [0.2, 0.25) is 0 Å². The Hall–Kier alpha value is -2.12. The lowest BCUT2D eigenvalue weighted by Gasteiger charge is -2.29. The Labute approximate surface area is 177 Å². The fraction of sp³-hybridized carbons (Fsp3) is 0.455. The van der Waals surface area contributed by atoms with Gasteiger partial charge in [-0.3, -0.25) is 9.59 Å². The molecule has 0 aliphatic carbocycles. The molecule has 2 amide bonds. The van der Waals surface area contributed by atoms with Crippen LogP contribution < -0.4 is 4.90 Å². The molecule has 2 atom stereocenters. The van der Waals surface area contributed by atoms with E-state index in [1.54, 1.807) is 40.9 Å². The highest BCUT2D eigenvalue weighted by molar-refractivity contribution is 7.99. The summed E-state index contributed by atoms with van der Waals surface area (Å²) in [5, 5.41) is -0.106. The molecule has 1 fully saturated rings. The zero-order chi connectivity index (χ0) is 21.4. The van der Waals surface area contributed by atoms with Gasteiger partial charge in [-0.05, 0) is 31.5 Å². The van der Waals surface area contributed by atoms with Gasteiger partial charge < -0.3 is 14.7 Å². The second-order valence-electron chi connectivity index (χ2n) is 7.40. The molecule has 1 aliphatic rings. The van der Waals surface area contributed by atoms with Crippen molar-refractivity contribution in [1.29, 1.82) is 0 Å². The highest BCUT2D eigenvalue weighted by Crippen LogP contribution is 2.37. The van der Waals surface area contributed by atoms with E-state index in [2.05, 4.69) is 13.2 Å². The maximum Gasteiger partial charge on any atom is 0.278 e. The summed E-state index contributed by atoms with van der Waals surface area (Å²) in [7, 11) is 0. The van der Waals surface area contributed by atoms with Crippen LogP contribution in [0.1, 0.15) is 24.8 Å². The van der Waals surface area contributed by atoms with Crippen LogP contribution in [-0.4, -0.2) is 66.1 Å². The van der Waals surface area contributed by atoms with E-state index in [1.165, 1.54) is 12.1 Å². The van der Waals surface area contributed by atoms with Gasteiger partial charge in [0.05, 0.1) is 6.04 Å². The number of carbonyl (C=O) groups excluding carboxylic acids is 2. The zero-order valence-electron chi connectivity index (χ0n) is 17.3. The lowest BCUT2D eigenvalue weighted by Crippen LogP contribution is -3.17. The Bertz CT molecular complexity index is 713. The van der Waals surface area contributed by atoms with Gasteiger partial charge in [-0.1, -0.05) is 24.3 Å². The van der Waals surface area contributed by atoms with Gasteiger partial charge in [-0.2, -0.15) is 0 Å². The summed E-state index contributed by atoms with van der Waals surface area (Å²) in [6, 6.07) is 6.44. The van der Waals surface area contributed by atoms with E-state index in [1.807, 2.05) is 18.7 Å². The molecule has 1 heterocycles. The Balaban J connectivity index is 2.06. The van der Waals surface area contributed by atoms with Crippen molar-refractivity contribution in [2.24, 2.45) is 0 Å². The summed E-state index contributed by atoms with van der Waals surface area (Å²) in [5.74, 6) is 0.551. The molecule has 1 unspecified atom stereocenters. The summed E-state index contributed by atoms with van der Waals surface area (Å²) >= 11 is 1.68. The molecule has 0 saturated carbocycles. The van der Waals surface area contributed by atoms with Gasteiger partial charge in [0.25, 0.3) is 11.8 Å². The molecule has 29 heavy (non-hydrogen) atoms. The van der Waals surface area contributed by atoms with Crippen LogP contribution in [0.15, 0.2) is 49.6 Å². The topological polar surface area (TPSA) is 45.1 Å². The molecule has 158 valence electrons. The predicted octanol–water partition coefficient (Wildman–Crippen LogP) is 1.89. The van der Waals surface area contributed by atoms with Crippen LogP contribution in [0.4, 0.5) is 4.39 Å². The number of hydrogen-bond donors (Lipinski definition) is 1. The number of quaternary nitrogens is 1. The molecule has 1 N–H and O–H groups in total. The second kappa shape index (κ2) is 11.2. The Morgan fingerprint density at radius 2 is 1.86 bits per heavy atom. The third-order valence-electron chi connectivity index (χ3n) is 4.99. The van der Waals surface area contributed by atoms with E-state index < -0.39 is 0 Å². The van der Waals surface area contributed by atoms with Crippen molar-refractivity contribution in [2.45, 2.75) is 25.3 Å². The van der Waals surface area contributed by atoms with Gasteiger partial charge in [0.15, 0.2) is 13.1 Å². The van der Waals surface area contributed by atoms with Gasteiger partial charge in [0.1, 0.15) is 11.2 Å². The minimum Gasteiger partial charge on any atom is -0.330 e. The van der Waals surface area contributed by atoms with E-state index >= 15 is 0 Å². The molecule has 7 heteroatoms. The number of hydrogen-bond acceptors (Lipinski definition) is 3. The molecule has 1 aliphatic heterocycles. The number of amides is 2. The standard InChI is InChI=1S/C22H30FN3O2S/c1-5-11-24(12-6-2)20(27)15-25(17(3)4)16-21(28)26-13-14-29-22(26)18-7-9-19(23)10-8-18/h5-10,17,22H,1-2,11-16H2,3-4H3/p+1/t22-/m0/s1. The molecule has 1 aromatic rings. The summed E-state index contributed by atoms with van der Waals surface area (Å²) in [4.78, 5) is 30.2. The van der Waals surface area contributed by atoms with Gasteiger partial charge in [-0.15, -0.1) is 24.9 Å². The molecule has 0 spiro atoms. The van der Waals surface area contributed by atoms with Crippen LogP contribution in [0.25, 0.3) is 0 Å². The van der Waals surface area contributed by atoms with Gasteiger partial charge in [-0.25, -0.2) is 4.39 Å². The van der Waals surface area contributed by atoms with Crippen molar-refractivity contribution in [2.75, 3.05) is 38.5 Å². The molecule has 2 rings (SSSR count). The summed E-state index contributed by atoms with van der Waals surface area (Å²) in [5.41, 5.74) is 0.924. The van der Waals surface area contributed by atoms with Crippen molar-refractivity contribution >= 4 is 23.6 Å². The fourth-order valence-electron chi connectivity index (χ4n) is 3.29. The average Bonchev–Trinajstić information content (AvgIpc) is 3.17. The SMILES string of the molecule is C=CCN(CC=C)C(=O)C[NH+](CC(=O)N1CCS[C@H]1c1ccc(F)cc1)C(C)C. The van der Waals surface area contributed by atoms with Crippen LogP contribution in [0.2, 0.25) is 0 Å². The van der Waals surface area contributed by atoms with Crippen molar-refractivity contribution in [1.82, 2.24) is 9.80 Å². The Kier molecular flexibility index (Phi) is 8.92. The van der Waals surface area contributed by atoms with Crippen LogP contribution in [0, 0.1) is 5.82 Å². The van der Waals surface area contributed by atoms with E-state index in [4.69, 9.17) is 0 Å². The smallest absolute Gasteiger partial charge is 0.278 e. The zero-order valence-corrected chi connectivity index (χ0v) is 18.1. The molecule has 0 radical (unpaired) electrons. The van der Waals surface area contributed by atoms with E-state index in [0.29, 0.717) is 19.6 Å². The van der Waals surface area contributed by atoms with Crippen LogP contribution in [0.3, 0.4) is 0 Å². The number of halogens is 1. The third kappa shape index (κ3) is 6.44. The minimum absolute atomic E-state index is 0.0137. The average molecular weight is 421 g/mol. The first-order valence-corrected chi connectivity index (χ1v) is 10.9. The second-order valence-corrected chi connectivity index (χ2v) is 8.59. The number of carbonyl (C=O) groups is 2. The molecular formula is C22H31FN3O2S+. The summed E-state index contributed by atoms with van der Waals surface area (Å²) in [6.07, 6.45) is 3.38. The van der Waals surface area contributed by atoms with Gasteiger partial charge in [0, 0.05) is 25.4 Å². The molecule has 5 nitrogen and oxygen atoms in total. The lowest BCUT2D eigenvalue weighted by atomic mass is 10.2. The van der Waals surface area contributed by atoms with Crippen LogP contribution >= 0.6 is 11.8 Å². The molecular weight excluding hydrogens is 389 g/mol. The lowest BCUT2D eigenvalue weighted by molar-refractivity contribution is -0.906. The van der Waals surface area contributed by atoms with Crippen LogP contribution in [-0.2, 0) is 9.59 Å². The monoisotopic (exact) mass is 420 g/mol. The maximum atomic E-state index is 13.2. The van der Waals surface area contributed by atoms with E-state index in [9.17, 15) is 14.0 Å². The molecule has 1 saturated heterocycles. The van der Waals surface area contributed by atoms with E-state index in [-0.39, 0.29) is 42.1 Å². The highest BCUT2D eigenvalue weighted by atomic mass is 32.2. The molecule has 0 aromatic heterocycles. The van der Waals surface area contributed by atoms with Crippen molar-refractivity contribution in [3.05, 3.63) is 61.0 Å². The minimum atomic E-state index is -0.285. The van der Waals surface area contributed by atoms with E-state index in [0.717, 1.165) is 16.2 Å². The summed E-state index contributed by atoms with van der Waals surface area (Å²) < 4.78 is 13.2. The number of thioether (sulfide) groups is 1. The van der Waals surface area contributed by atoms with Gasteiger partial charge >= 0.3 is 0 Å². The quantitative estimate of drug-likeness (QED) is 0.588. The number of rotatable bonds is 10. The summed E-state index contributed by atoms with van der Waals surface area (Å²) in [6.45, 7) is 13.5. The first-order valence-electron chi connectivity index (χ1n) is 9.88. The first-order chi connectivity index (χ1) is 13.9. The normalized spacial score (nSPS) is 17.2. The van der Waals surface area contributed by atoms with Crippen LogP contribution in [0.5, 0.6) is 0 Å². The first kappa shape index (κ1) is 23.2. The van der Waals surface area contributed by atoms with Crippen molar-refractivity contribution in [3.8, 4) is 0 Å². The Morgan fingerprint density at radius 3 is 2.41 bits per heavy atom. The fourth-order valence-corrected chi connectivity index (χ4v) is 4.57. The molecule has 1 aromatic carbocycles. The number of nitrogens with one attached hydrogen (secondary N) is 1. The highest BCUT2D eigenvalue weighted by Gasteiger charge is 2.34. The van der Waals surface area contributed by atoms with Crippen molar-refractivity contribution < 1.29 is 18.9 Å². The Morgan fingerprint density at radius 1 is 1.24 bits per heavy atom. The third-order valence-corrected chi connectivity index (χ3v) is 6.25. The predicted molar refractivity (Wildman–Crippen MR) is 116 cm³/mol. The number of nitrogens with zero attached hydrogens (tertiary/aromatic N) is 2. The number of benzene rings is 1.